The molecule has 0 aliphatic carbocycles. The van der Waals surface area contributed by atoms with Crippen LogP contribution >= 0.6 is 0 Å². The Morgan fingerprint density at radius 1 is 1.50 bits per heavy atom. The molecule has 0 fully saturated rings. The van der Waals surface area contributed by atoms with E-state index in [4.69, 9.17) is 0 Å². The van der Waals surface area contributed by atoms with E-state index in [9.17, 15) is 4.79 Å². The van der Waals surface area contributed by atoms with E-state index in [1.54, 1.807) is 0 Å². The largest absolute Gasteiger partial charge is 0.329 e. The van der Waals surface area contributed by atoms with E-state index in [2.05, 4.69) is 28.4 Å². The van der Waals surface area contributed by atoms with Crippen LogP contribution in [0.5, 0.6) is 0 Å². The van der Waals surface area contributed by atoms with E-state index >= 15 is 0 Å². The molecule has 1 aliphatic rings. The van der Waals surface area contributed by atoms with E-state index < -0.39 is 0 Å². The van der Waals surface area contributed by atoms with E-state index in [0.717, 1.165) is 43.9 Å². The Balaban J connectivity index is 2.47. The number of aryl methyl sites for hydroxylation is 1. The normalized spacial score (nSPS) is 16.7. The maximum absolute atomic E-state index is 10.8. The van der Waals surface area contributed by atoms with Gasteiger partial charge in [0.25, 0.3) is 0 Å². The van der Waals surface area contributed by atoms with Gasteiger partial charge in [-0.15, -0.1) is 0 Å². The van der Waals surface area contributed by atoms with Crippen molar-refractivity contribution < 1.29 is 4.79 Å². The van der Waals surface area contributed by atoms with Crippen LogP contribution < -0.4 is 0 Å². The smallest absolute Gasteiger partial charge is 0.170 e. The Morgan fingerprint density at radius 3 is 2.93 bits per heavy atom. The summed E-state index contributed by atoms with van der Waals surface area (Å²) in [5.74, 6) is 1.04. The van der Waals surface area contributed by atoms with Gasteiger partial charge < -0.3 is 4.57 Å². The Hall–Kier alpha value is -1.16. The maximum Gasteiger partial charge on any atom is 0.170 e. The molecule has 0 amide bonds. The fraction of sp³-hybridized carbons (Fsp3) is 0.600. The van der Waals surface area contributed by atoms with Crippen LogP contribution in [0, 0.1) is 0 Å². The summed E-state index contributed by atoms with van der Waals surface area (Å²) in [5, 5.41) is 0. The third kappa shape index (κ3) is 1.35. The van der Waals surface area contributed by atoms with Crippen LogP contribution in [0.2, 0.25) is 0 Å². The first-order valence-corrected chi connectivity index (χ1v) is 4.98. The highest BCUT2D eigenvalue weighted by molar-refractivity contribution is 5.73. The van der Waals surface area contributed by atoms with Gasteiger partial charge in [0.2, 0.25) is 0 Å². The summed E-state index contributed by atoms with van der Waals surface area (Å²) in [6.07, 6.45) is 1.76. The third-order valence-electron chi connectivity index (χ3n) is 2.74. The summed E-state index contributed by atoms with van der Waals surface area (Å²) in [5.41, 5.74) is 1.69. The lowest BCUT2D eigenvalue weighted by Gasteiger charge is -2.25. The molecule has 4 nitrogen and oxygen atoms in total. The minimum atomic E-state index is 0.619. The average Bonchev–Trinajstić information content (AvgIpc) is 2.55. The second-order valence-electron chi connectivity index (χ2n) is 3.72. The maximum atomic E-state index is 10.8. The highest BCUT2D eigenvalue weighted by Gasteiger charge is 2.20. The Morgan fingerprint density at radius 2 is 2.29 bits per heavy atom. The van der Waals surface area contributed by atoms with Gasteiger partial charge in [0.1, 0.15) is 11.5 Å². The molecule has 0 atom stereocenters. The molecule has 14 heavy (non-hydrogen) atoms. The number of carbonyl (C=O) groups excluding carboxylic acids is 1. The van der Waals surface area contributed by atoms with Crippen LogP contribution in [0.4, 0.5) is 0 Å². The topological polar surface area (TPSA) is 38.1 Å². The van der Waals surface area contributed by atoms with Crippen LogP contribution in [0.1, 0.15) is 28.9 Å². The van der Waals surface area contributed by atoms with Crippen LogP contribution in [0.3, 0.4) is 0 Å². The van der Waals surface area contributed by atoms with E-state index in [0.29, 0.717) is 5.69 Å². The lowest BCUT2D eigenvalue weighted by molar-refractivity contribution is 0.111. The van der Waals surface area contributed by atoms with E-state index in [1.807, 2.05) is 0 Å². The summed E-state index contributed by atoms with van der Waals surface area (Å²) in [7, 11) is 2.07. The van der Waals surface area contributed by atoms with Crippen molar-refractivity contribution in [2.75, 3.05) is 13.6 Å². The molecule has 1 aromatic rings. The Bertz CT molecular complexity index is 356. The number of hydrogen-bond acceptors (Lipinski definition) is 3. The highest BCUT2D eigenvalue weighted by atomic mass is 16.1. The summed E-state index contributed by atoms with van der Waals surface area (Å²) >= 11 is 0. The quantitative estimate of drug-likeness (QED) is 0.649. The molecular weight excluding hydrogens is 178 g/mol. The van der Waals surface area contributed by atoms with Crippen molar-refractivity contribution in [3.05, 3.63) is 17.2 Å². The van der Waals surface area contributed by atoms with Crippen molar-refractivity contribution in [3.63, 3.8) is 0 Å². The highest BCUT2D eigenvalue weighted by Crippen LogP contribution is 2.17. The van der Waals surface area contributed by atoms with Crippen LogP contribution in [-0.4, -0.2) is 34.3 Å². The zero-order chi connectivity index (χ0) is 10.1. The lowest BCUT2D eigenvalue weighted by atomic mass is 10.2. The summed E-state index contributed by atoms with van der Waals surface area (Å²) < 4.78 is 2.18. The van der Waals surface area contributed by atoms with Crippen molar-refractivity contribution in [2.24, 2.45) is 0 Å². The van der Waals surface area contributed by atoms with Gasteiger partial charge in [-0.3, -0.25) is 9.69 Å². The zero-order valence-electron chi connectivity index (χ0n) is 8.66. The molecular formula is C10H15N3O. The molecule has 1 aromatic heterocycles. The number of aromatic nitrogens is 2. The number of carbonyl (C=O) groups is 1. The van der Waals surface area contributed by atoms with Crippen molar-refractivity contribution >= 4 is 6.29 Å². The van der Waals surface area contributed by atoms with E-state index in [-0.39, 0.29) is 0 Å². The number of imidazole rings is 1. The number of hydrogen-bond donors (Lipinski definition) is 0. The molecule has 0 unspecified atom stereocenters. The molecule has 2 rings (SSSR count). The van der Waals surface area contributed by atoms with Crippen LogP contribution in [0.15, 0.2) is 0 Å². The molecule has 0 aromatic carbocycles. The van der Waals surface area contributed by atoms with Crippen LogP contribution in [0.25, 0.3) is 0 Å². The van der Waals surface area contributed by atoms with Gasteiger partial charge in [0.05, 0.1) is 5.69 Å². The molecule has 2 heterocycles. The Labute approximate surface area is 83.5 Å². The fourth-order valence-corrected chi connectivity index (χ4v) is 1.96. The molecule has 0 spiro atoms. The number of aldehydes is 1. The third-order valence-corrected chi connectivity index (χ3v) is 2.74. The average molecular weight is 193 g/mol. The van der Waals surface area contributed by atoms with Gasteiger partial charge in [0, 0.05) is 26.1 Å². The van der Waals surface area contributed by atoms with Crippen molar-refractivity contribution in [1.82, 2.24) is 14.5 Å². The van der Waals surface area contributed by atoms with Gasteiger partial charge >= 0.3 is 0 Å². The minimum Gasteiger partial charge on any atom is -0.329 e. The molecule has 0 bridgehead atoms. The van der Waals surface area contributed by atoms with Gasteiger partial charge in [-0.2, -0.15) is 0 Å². The van der Waals surface area contributed by atoms with Crippen molar-refractivity contribution in [3.8, 4) is 0 Å². The summed E-state index contributed by atoms with van der Waals surface area (Å²) in [6, 6.07) is 0. The SMILES string of the molecule is CCc1nc(C=O)c2n1CCN(C)C2. The van der Waals surface area contributed by atoms with Gasteiger partial charge in [0.15, 0.2) is 6.29 Å². The first-order valence-electron chi connectivity index (χ1n) is 4.98. The van der Waals surface area contributed by atoms with Gasteiger partial charge in [-0.1, -0.05) is 6.92 Å². The fourth-order valence-electron chi connectivity index (χ4n) is 1.96. The number of nitrogens with zero attached hydrogens (tertiary/aromatic N) is 3. The first-order chi connectivity index (χ1) is 6.76. The van der Waals surface area contributed by atoms with E-state index in [1.165, 1.54) is 0 Å². The second kappa shape index (κ2) is 3.53. The molecule has 0 radical (unpaired) electrons. The molecule has 4 heteroatoms. The number of likely N-dealkylation sites (N-methyl/N-ethyl adjacent to an activating group) is 1. The van der Waals surface area contributed by atoms with Gasteiger partial charge in [-0.05, 0) is 7.05 Å². The van der Waals surface area contributed by atoms with Crippen LogP contribution in [-0.2, 0) is 19.5 Å². The predicted molar refractivity (Wildman–Crippen MR) is 53.3 cm³/mol. The molecule has 76 valence electrons. The number of rotatable bonds is 2. The second-order valence-corrected chi connectivity index (χ2v) is 3.72. The molecule has 0 N–H and O–H groups in total. The molecule has 0 saturated carbocycles. The van der Waals surface area contributed by atoms with Gasteiger partial charge in [-0.25, -0.2) is 4.98 Å². The summed E-state index contributed by atoms with van der Waals surface area (Å²) in [6.45, 7) is 4.90. The minimum absolute atomic E-state index is 0.619. The Kier molecular flexibility index (Phi) is 2.37. The monoisotopic (exact) mass is 193 g/mol. The summed E-state index contributed by atoms with van der Waals surface area (Å²) in [4.78, 5) is 17.4. The number of fused-ring (bicyclic) bond motifs is 1. The molecule has 0 saturated heterocycles. The predicted octanol–water partition coefficient (Wildman–Crippen LogP) is 0.703. The van der Waals surface area contributed by atoms with Crippen molar-refractivity contribution in [1.29, 1.82) is 0 Å². The first kappa shape index (κ1) is 9.40. The zero-order valence-corrected chi connectivity index (χ0v) is 8.66. The van der Waals surface area contributed by atoms with Crippen molar-refractivity contribution in [2.45, 2.75) is 26.4 Å². The standard InChI is InChI=1S/C10H15N3O/c1-3-10-11-8(7-14)9-6-12(2)4-5-13(9)10/h7H,3-6H2,1-2H3. The lowest BCUT2D eigenvalue weighted by Crippen LogP contribution is -2.31. The molecule has 1 aliphatic heterocycles.